The number of carboxylic acid groups (broad SMARTS) is 1. The molecule has 0 aromatic carbocycles. The topological polar surface area (TPSA) is 247 Å². The Morgan fingerprint density at radius 1 is 0.906 bits per heavy atom. The Labute approximate surface area is 184 Å². The molecule has 0 aliphatic rings. The van der Waals surface area contributed by atoms with Gasteiger partial charge in [-0.05, 0) is 12.8 Å². The lowest BCUT2D eigenvalue weighted by molar-refractivity contribution is -0.137. The van der Waals surface area contributed by atoms with Crippen molar-refractivity contribution in [2.75, 3.05) is 32.7 Å². The number of carbonyl (C=O) groups excluding carboxylic acids is 5. The molecule has 10 N–H and O–H groups in total. The highest BCUT2D eigenvalue weighted by Crippen LogP contribution is 1.99. The molecule has 0 aromatic rings. The number of carboxylic acids is 1. The van der Waals surface area contributed by atoms with E-state index in [-0.39, 0.29) is 44.9 Å². The van der Waals surface area contributed by atoms with Crippen LogP contribution in [0.4, 0.5) is 0 Å². The van der Waals surface area contributed by atoms with Crippen LogP contribution in [0.5, 0.6) is 0 Å². The van der Waals surface area contributed by atoms with Crippen LogP contribution < -0.4 is 38.1 Å². The minimum Gasteiger partial charge on any atom is -0.481 e. The van der Waals surface area contributed by atoms with Gasteiger partial charge in [-0.3, -0.25) is 33.8 Å². The molecule has 0 aliphatic carbocycles. The number of hydrogen-bond acceptors (Lipinski definition) is 7. The average molecular weight is 458 g/mol. The van der Waals surface area contributed by atoms with Gasteiger partial charge in [0.1, 0.15) is 6.04 Å². The fourth-order valence-electron chi connectivity index (χ4n) is 2.19. The number of amides is 5. The third-order valence-corrected chi connectivity index (χ3v) is 3.71. The number of nitrogens with one attached hydrogen (secondary N) is 5. The Kier molecular flexibility index (Phi) is 14.8. The Hall–Kier alpha value is -3.91. The molecule has 1 unspecified atom stereocenters. The van der Waals surface area contributed by atoms with Crippen molar-refractivity contribution in [1.29, 1.82) is 0 Å². The number of aliphatic imine (C=N–C) groups is 1. The van der Waals surface area contributed by atoms with Crippen molar-refractivity contribution in [2.45, 2.75) is 31.7 Å². The third kappa shape index (κ3) is 15.9. The van der Waals surface area contributed by atoms with Gasteiger partial charge in [-0.15, -0.1) is 0 Å². The monoisotopic (exact) mass is 458 g/mol. The van der Waals surface area contributed by atoms with Crippen LogP contribution >= 0.6 is 0 Å². The molecule has 0 fully saturated rings. The number of hydrogen-bond donors (Lipinski definition) is 8. The number of nitrogens with zero attached hydrogens (tertiary/aromatic N) is 1. The van der Waals surface area contributed by atoms with Gasteiger partial charge in [0.25, 0.3) is 0 Å². The van der Waals surface area contributed by atoms with E-state index in [2.05, 4.69) is 31.6 Å². The lowest BCUT2D eigenvalue weighted by Gasteiger charge is -2.18. The summed E-state index contributed by atoms with van der Waals surface area (Å²) in [4.78, 5) is 72.1. The summed E-state index contributed by atoms with van der Waals surface area (Å²) >= 11 is 0. The van der Waals surface area contributed by atoms with Crippen LogP contribution in [0.15, 0.2) is 4.99 Å². The standard InChI is InChI=1S/C17H30N8O7/c18-17(19)22-5-1-2-11(16(32)24-8-13(28)21-7-4-15(30)31)25-14(29)9-23-12(27)3-6-20-10-26/h10-11H,1-9H2,(H,20,26)(H,21,28)(H,23,27)(H,24,32)(H,25,29)(H,30,31)(H4,18,19,22). The molecule has 5 amide bonds. The fraction of sp³-hybridized carbons (Fsp3) is 0.588. The summed E-state index contributed by atoms with van der Waals surface area (Å²) < 4.78 is 0. The molecule has 0 heterocycles. The SMILES string of the molecule is NC(N)=NCCCC(NC(=O)CNC(=O)CCNC=O)C(=O)NCC(=O)NCCC(=O)O. The Balaban J connectivity index is 4.64. The second-order valence-corrected chi connectivity index (χ2v) is 6.38. The third-order valence-electron chi connectivity index (χ3n) is 3.71. The molecule has 0 saturated carbocycles. The van der Waals surface area contributed by atoms with Gasteiger partial charge in [0.15, 0.2) is 5.96 Å². The number of nitrogens with two attached hydrogens (primary N) is 2. The van der Waals surface area contributed by atoms with Crippen molar-refractivity contribution in [3.05, 3.63) is 0 Å². The maximum Gasteiger partial charge on any atom is 0.305 e. The normalized spacial score (nSPS) is 10.8. The second kappa shape index (κ2) is 16.8. The number of rotatable bonds is 17. The summed E-state index contributed by atoms with van der Waals surface area (Å²) in [6.07, 6.45) is 0.639. The maximum atomic E-state index is 12.4. The molecule has 0 spiro atoms. The minimum absolute atomic E-state index is 0.0224. The molecule has 180 valence electrons. The smallest absolute Gasteiger partial charge is 0.305 e. The van der Waals surface area contributed by atoms with E-state index in [0.29, 0.717) is 12.8 Å². The summed E-state index contributed by atoms with van der Waals surface area (Å²) in [5.41, 5.74) is 10.5. The summed E-state index contributed by atoms with van der Waals surface area (Å²) in [6, 6.07) is -1.03. The van der Waals surface area contributed by atoms with E-state index in [1.54, 1.807) is 0 Å². The maximum absolute atomic E-state index is 12.4. The van der Waals surface area contributed by atoms with Crippen molar-refractivity contribution in [1.82, 2.24) is 26.6 Å². The van der Waals surface area contributed by atoms with Crippen molar-refractivity contribution in [3.63, 3.8) is 0 Å². The zero-order valence-corrected chi connectivity index (χ0v) is 17.5. The zero-order chi connectivity index (χ0) is 24.4. The Morgan fingerprint density at radius 3 is 2.22 bits per heavy atom. The van der Waals surface area contributed by atoms with Crippen LogP contribution in [0.2, 0.25) is 0 Å². The van der Waals surface area contributed by atoms with Gasteiger partial charge < -0.3 is 43.2 Å². The molecular formula is C17H30N8O7. The number of aliphatic carboxylic acids is 1. The molecule has 15 heteroatoms. The first-order valence-corrected chi connectivity index (χ1v) is 9.70. The van der Waals surface area contributed by atoms with E-state index in [9.17, 15) is 28.8 Å². The lowest BCUT2D eigenvalue weighted by Crippen LogP contribution is -2.51. The highest BCUT2D eigenvalue weighted by atomic mass is 16.4. The van der Waals surface area contributed by atoms with E-state index < -0.39 is 48.7 Å². The van der Waals surface area contributed by atoms with Gasteiger partial charge >= 0.3 is 5.97 Å². The van der Waals surface area contributed by atoms with E-state index in [1.807, 2.05) is 0 Å². The van der Waals surface area contributed by atoms with E-state index in [4.69, 9.17) is 16.6 Å². The van der Waals surface area contributed by atoms with Gasteiger partial charge in [0.2, 0.25) is 30.0 Å². The van der Waals surface area contributed by atoms with Crippen LogP contribution in [0.25, 0.3) is 0 Å². The molecule has 0 rings (SSSR count). The summed E-state index contributed by atoms with van der Waals surface area (Å²) in [5.74, 6) is -3.57. The van der Waals surface area contributed by atoms with Gasteiger partial charge in [0.05, 0.1) is 19.5 Å². The van der Waals surface area contributed by atoms with E-state index >= 15 is 0 Å². The van der Waals surface area contributed by atoms with Gasteiger partial charge in [0, 0.05) is 26.1 Å². The molecule has 0 aromatic heterocycles. The van der Waals surface area contributed by atoms with Crippen LogP contribution in [-0.2, 0) is 28.8 Å². The van der Waals surface area contributed by atoms with Crippen molar-refractivity contribution < 1.29 is 33.9 Å². The molecule has 15 nitrogen and oxygen atoms in total. The van der Waals surface area contributed by atoms with Crippen molar-refractivity contribution >= 4 is 42.0 Å². The van der Waals surface area contributed by atoms with Crippen LogP contribution in [0.3, 0.4) is 0 Å². The van der Waals surface area contributed by atoms with Crippen LogP contribution in [0, 0.1) is 0 Å². The van der Waals surface area contributed by atoms with Gasteiger partial charge in [-0.2, -0.15) is 0 Å². The number of guanidine groups is 1. The van der Waals surface area contributed by atoms with Gasteiger partial charge in [-0.1, -0.05) is 0 Å². The van der Waals surface area contributed by atoms with Crippen molar-refractivity contribution in [2.24, 2.45) is 16.5 Å². The highest BCUT2D eigenvalue weighted by Gasteiger charge is 2.21. The predicted octanol–water partition coefficient (Wildman–Crippen LogP) is -4.52. The van der Waals surface area contributed by atoms with Gasteiger partial charge in [-0.25, -0.2) is 0 Å². The second-order valence-electron chi connectivity index (χ2n) is 6.38. The quantitative estimate of drug-likeness (QED) is 0.0452. The number of carbonyl (C=O) groups is 6. The zero-order valence-electron chi connectivity index (χ0n) is 17.5. The highest BCUT2D eigenvalue weighted by molar-refractivity contribution is 5.92. The molecule has 0 aliphatic heterocycles. The van der Waals surface area contributed by atoms with Crippen molar-refractivity contribution in [3.8, 4) is 0 Å². The fourth-order valence-corrected chi connectivity index (χ4v) is 2.19. The average Bonchev–Trinajstić information content (AvgIpc) is 2.72. The van der Waals surface area contributed by atoms with E-state index in [1.165, 1.54) is 0 Å². The molecule has 32 heavy (non-hydrogen) atoms. The lowest BCUT2D eigenvalue weighted by atomic mass is 10.1. The molecular weight excluding hydrogens is 428 g/mol. The molecule has 1 atom stereocenters. The first-order valence-electron chi connectivity index (χ1n) is 9.70. The Morgan fingerprint density at radius 2 is 1.59 bits per heavy atom. The largest absolute Gasteiger partial charge is 0.481 e. The van der Waals surface area contributed by atoms with Crippen LogP contribution in [-0.4, -0.2) is 85.8 Å². The molecule has 0 bridgehead atoms. The minimum atomic E-state index is -1.08. The summed E-state index contributed by atoms with van der Waals surface area (Å²) in [5, 5.41) is 20.3. The first kappa shape index (κ1) is 28.1. The predicted molar refractivity (Wildman–Crippen MR) is 112 cm³/mol. The molecule has 0 saturated heterocycles. The van der Waals surface area contributed by atoms with Crippen LogP contribution in [0.1, 0.15) is 25.7 Å². The summed E-state index contributed by atoms with van der Waals surface area (Å²) in [7, 11) is 0. The summed E-state index contributed by atoms with van der Waals surface area (Å²) in [6.45, 7) is -0.587. The van der Waals surface area contributed by atoms with E-state index in [0.717, 1.165) is 0 Å². The first-order chi connectivity index (χ1) is 15.1. The molecule has 0 radical (unpaired) electrons. The Bertz CT molecular complexity index is 694.